The molecular weight excluding hydrogens is 397 g/mol. The lowest BCUT2D eigenvalue weighted by atomic mass is 9.79. The predicted molar refractivity (Wildman–Crippen MR) is 118 cm³/mol. The van der Waals surface area contributed by atoms with Crippen LogP contribution in [0.5, 0.6) is 0 Å². The van der Waals surface area contributed by atoms with Crippen molar-refractivity contribution >= 4 is 34.7 Å². The Morgan fingerprint density at radius 3 is 2.93 bits per heavy atom. The number of benzene rings is 1. The fraction of sp³-hybridized carbons (Fsp3) is 0.286. The zero-order valence-electron chi connectivity index (χ0n) is 16.4. The van der Waals surface area contributed by atoms with Crippen molar-refractivity contribution in [3.63, 3.8) is 0 Å². The first kappa shape index (κ1) is 20.5. The van der Waals surface area contributed by atoms with Crippen LogP contribution in [0.2, 0.25) is 0 Å². The Hall–Kier alpha value is -2.77. The maximum Gasteiger partial charge on any atom is 0.488 e. The third-order valence-corrected chi connectivity index (χ3v) is 6.02. The van der Waals surface area contributed by atoms with Gasteiger partial charge in [0, 0.05) is 11.9 Å². The lowest BCUT2D eigenvalue weighted by molar-refractivity contribution is 0.138. The van der Waals surface area contributed by atoms with E-state index in [4.69, 9.17) is 10.2 Å². The molecular formula is C21H22BN5O2S. The van der Waals surface area contributed by atoms with E-state index >= 15 is 0 Å². The number of nitrogens with one attached hydrogen (secondary N) is 1. The highest BCUT2D eigenvalue weighted by molar-refractivity contribution is 7.13. The molecule has 0 saturated carbocycles. The quantitative estimate of drug-likeness (QED) is 0.528. The molecule has 4 rings (SSSR count). The highest BCUT2D eigenvalue weighted by Crippen LogP contribution is 2.34. The SMILES string of the molecule is N#Cc1ccc(Nc2nc([C@@H]3CCCCN3Cc3cccc(B(O)O)c3)cs2)cn1. The Morgan fingerprint density at radius 1 is 1.27 bits per heavy atom. The normalized spacial score (nSPS) is 16.8. The van der Waals surface area contributed by atoms with E-state index in [2.05, 4.69) is 20.6 Å². The fourth-order valence-corrected chi connectivity index (χ4v) is 4.53. The third-order valence-electron chi connectivity index (χ3n) is 5.24. The van der Waals surface area contributed by atoms with E-state index in [1.165, 1.54) is 0 Å². The minimum absolute atomic E-state index is 0.229. The number of hydrogen-bond donors (Lipinski definition) is 3. The molecule has 0 amide bonds. The molecule has 2 aromatic heterocycles. The van der Waals surface area contributed by atoms with E-state index in [0.717, 1.165) is 54.4 Å². The van der Waals surface area contributed by atoms with Crippen molar-refractivity contribution in [3.8, 4) is 6.07 Å². The Labute approximate surface area is 179 Å². The van der Waals surface area contributed by atoms with Crippen molar-refractivity contribution in [2.75, 3.05) is 11.9 Å². The zero-order chi connectivity index (χ0) is 20.9. The second-order valence-corrected chi connectivity index (χ2v) is 8.21. The van der Waals surface area contributed by atoms with Crippen LogP contribution in [0.15, 0.2) is 48.0 Å². The number of hydrogen-bond acceptors (Lipinski definition) is 8. The molecule has 1 aliphatic heterocycles. The zero-order valence-corrected chi connectivity index (χ0v) is 17.2. The largest absolute Gasteiger partial charge is 0.488 e. The lowest BCUT2D eigenvalue weighted by Gasteiger charge is -2.34. The van der Waals surface area contributed by atoms with Crippen LogP contribution in [0.1, 0.15) is 42.3 Å². The molecule has 0 unspecified atom stereocenters. The number of nitrogens with zero attached hydrogens (tertiary/aromatic N) is 4. The van der Waals surface area contributed by atoms with Crippen LogP contribution in [0.25, 0.3) is 0 Å². The fourth-order valence-electron chi connectivity index (χ4n) is 3.76. The average Bonchev–Trinajstić information content (AvgIpc) is 3.23. The van der Waals surface area contributed by atoms with Crippen LogP contribution in [0.3, 0.4) is 0 Å². The Kier molecular flexibility index (Phi) is 6.40. The van der Waals surface area contributed by atoms with Crippen LogP contribution in [-0.4, -0.2) is 38.6 Å². The summed E-state index contributed by atoms with van der Waals surface area (Å²) in [6.07, 6.45) is 4.99. The molecule has 152 valence electrons. The smallest absolute Gasteiger partial charge is 0.423 e. The molecule has 3 heterocycles. The van der Waals surface area contributed by atoms with Gasteiger partial charge in [-0.05, 0) is 42.5 Å². The van der Waals surface area contributed by atoms with Crippen molar-refractivity contribution in [1.82, 2.24) is 14.9 Å². The summed E-state index contributed by atoms with van der Waals surface area (Å²) in [5.74, 6) is 0. The maximum absolute atomic E-state index is 9.44. The molecule has 3 aromatic rings. The number of anilines is 2. The number of pyridine rings is 1. The number of aromatic nitrogens is 2. The lowest BCUT2D eigenvalue weighted by Crippen LogP contribution is -2.34. The standard InChI is InChI=1S/C21H22BN5O2S/c23-11-17-7-8-18(12-24-17)25-21-26-19(14-30-21)20-6-1-2-9-27(20)13-15-4-3-5-16(10-15)22(28)29/h3-5,7-8,10,12,14,20,28-29H,1-2,6,9,13H2,(H,25,26)/t20-/m0/s1. The molecule has 1 aromatic carbocycles. The van der Waals surface area contributed by atoms with Gasteiger partial charge in [0.05, 0.1) is 23.6 Å². The molecule has 7 nitrogen and oxygen atoms in total. The summed E-state index contributed by atoms with van der Waals surface area (Å²) in [6, 6.07) is 13.2. The van der Waals surface area contributed by atoms with Gasteiger partial charge in [0.2, 0.25) is 0 Å². The van der Waals surface area contributed by atoms with Gasteiger partial charge in [-0.25, -0.2) is 9.97 Å². The molecule has 0 bridgehead atoms. The average molecular weight is 419 g/mol. The molecule has 1 aliphatic rings. The van der Waals surface area contributed by atoms with Crippen molar-refractivity contribution in [1.29, 1.82) is 5.26 Å². The van der Waals surface area contributed by atoms with E-state index < -0.39 is 7.12 Å². The molecule has 9 heteroatoms. The molecule has 3 N–H and O–H groups in total. The first-order valence-corrected chi connectivity index (χ1v) is 10.8. The molecule has 0 spiro atoms. The highest BCUT2D eigenvalue weighted by atomic mass is 32.1. The van der Waals surface area contributed by atoms with Gasteiger partial charge in [-0.1, -0.05) is 30.7 Å². The van der Waals surface area contributed by atoms with Crippen molar-refractivity contribution in [3.05, 3.63) is 64.9 Å². The summed E-state index contributed by atoms with van der Waals surface area (Å²) in [4.78, 5) is 11.3. The van der Waals surface area contributed by atoms with Gasteiger partial charge in [-0.2, -0.15) is 5.26 Å². The maximum atomic E-state index is 9.44. The van der Waals surface area contributed by atoms with Crippen LogP contribution in [0, 0.1) is 11.3 Å². The summed E-state index contributed by atoms with van der Waals surface area (Å²) < 4.78 is 0. The summed E-state index contributed by atoms with van der Waals surface area (Å²) >= 11 is 1.55. The summed E-state index contributed by atoms with van der Waals surface area (Å²) in [6.45, 7) is 1.72. The Bertz CT molecular complexity index is 1030. The van der Waals surface area contributed by atoms with Crippen LogP contribution < -0.4 is 10.8 Å². The van der Waals surface area contributed by atoms with Gasteiger partial charge in [0.15, 0.2) is 5.13 Å². The minimum Gasteiger partial charge on any atom is -0.423 e. The van der Waals surface area contributed by atoms with E-state index in [0.29, 0.717) is 11.2 Å². The summed E-state index contributed by atoms with van der Waals surface area (Å²) in [7, 11) is -1.45. The molecule has 0 radical (unpaired) electrons. The monoisotopic (exact) mass is 419 g/mol. The molecule has 1 saturated heterocycles. The van der Waals surface area contributed by atoms with Crippen molar-refractivity contribution in [2.24, 2.45) is 0 Å². The van der Waals surface area contributed by atoms with Crippen molar-refractivity contribution < 1.29 is 10.0 Å². The molecule has 0 aliphatic carbocycles. The third kappa shape index (κ3) is 4.86. The first-order valence-electron chi connectivity index (χ1n) is 9.90. The second kappa shape index (κ2) is 9.37. The number of piperidine rings is 1. The van der Waals surface area contributed by atoms with E-state index in [-0.39, 0.29) is 6.04 Å². The Morgan fingerprint density at radius 2 is 2.17 bits per heavy atom. The van der Waals surface area contributed by atoms with Gasteiger partial charge in [-0.3, -0.25) is 4.90 Å². The van der Waals surface area contributed by atoms with Gasteiger partial charge < -0.3 is 15.4 Å². The number of rotatable bonds is 6. The van der Waals surface area contributed by atoms with Crippen LogP contribution in [0.4, 0.5) is 10.8 Å². The number of thiazole rings is 1. The van der Waals surface area contributed by atoms with Crippen molar-refractivity contribution in [2.45, 2.75) is 31.8 Å². The van der Waals surface area contributed by atoms with Gasteiger partial charge in [0.25, 0.3) is 0 Å². The molecule has 30 heavy (non-hydrogen) atoms. The molecule has 1 fully saturated rings. The van der Waals surface area contributed by atoms with E-state index in [9.17, 15) is 10.0 Å². The Balaban J connectivity index is 1.47. The molecule has 1 atom stereocenters. The van der Waals surface area contributed by atoms with Gasteiger partial charge >= 0.3 is 7.12 Å². The number of likely N-dealkylation sites (tertiary alicyclic amines) is 1. The van der Waals surface area contributed by atoms with Gasteiger partial charge in [0.1, 0.15) is 11.8 Å². The van der Waals surface area contributed by atoms with Crippen LogP contribution >= 0.6 is 11.3 Å². The highest BCUT2D eigenvalue weighted by Gasteiger charge is 2.26. The predicted octanol–water partition coefficient (Wildman–Crippen LogP) is 2.56. The van der Waals surface area contributed by atoms with Gasteiger partial charge in [-0.15, -0.1) is 11.3 Å². The summed E-state index contributed by atoms with van der Waals surface area (Å²) in [5.41, 5.74) is 3.80. The topological polar surface area (TPSA) is 105 Å². The van der Waals surface area contributed by atoms with E-state index in [1.807, 2.05) is 30.3 Å². The second-order valence-electron chi connectivity index (χ2n) is 7.35. The summed E-state index contributed by atoms with van der Waals surface area (Å²) in [5, 5.41) is 33.9. The van der Waals surface area contributed by atoms with E-state index in [1.54, 1.807) is 29.7 Å². The minimum atomic E-state index is -1.45. The first-order chi connectivity index (χ1) is 14.6. The number of nitriles is 1. The van der Waals surface area contributed by atoms with Crippen LogP contribution in [-0.2, 0) is 6.54 Å².